The molecule has 0 amide bonds. The average Bonchev–Trinajstić information content (AvgIpc) is 3.46. The van der Waals surface area contributed by atoms with E-state index in [4.69, 9.17) is 16.3 Å². The Kier molecular flexibility index (Phi) is 4.82. The van der Waals surface area contributed by atoms with Gasteiger partial charge in [0.2, 0.25) is 0 Å². The molecule has 1 aliphatic heterocycles. The zero-order valence-electron chi connectivity index (χ0n) is 16.4. The highest BCUT2D eigenvalue weighted by atomic mass is 35.5. The summed E-state index contributed by atoms with van der Waals surface area (Å²) in [5.74, 6) is 2.09. The van der Waals surface area contributed by atoms with E-state index in [1.54, 1.807) is 6.07 Å². The number of para-hydroxylation sites is 1. The predicted octanol–water partition coefficient (Wildman–Crippen LogP) is 4.87. The minimum absolute atomic E-state index is 0.276. The SMILES string of the molecule is [11CH3]Oc1c(F)cccc1C1CCN(c2ccn3c(CC4CC4)nnc3c2Cl)CC1. The van der Waals surface area contributed by atoms with Gasteiger partial charge in [0.15, 0.2) is 17.2 Å². The Balaban J connectivity index is 1.35. The third kappa shape index (κ3) is 3.44. The van der Waals surface area contributed by atoms with Gasteiger partial charge in [0, 0.05) is 31.3 Å². The highest BCUT2D eigenvalue weighted by Crippen LogP contribution is 2.39. The number of hydrogen-bond acceptors (Lipinski definition) is 4. The van der Waals surface area contributed by atoms with Crippen LogP contribution in [0.15, 0.2) is 30.5 Å². The van der Waals surface area contributed by atoms with E-state index in [2.05, 4.69) is 21.2 Å². The molecule has 2 fully saturated rings. The van der Waals surface area contributed by atoms with Crippen LogP contribution in [-0.4, -0.2) is 34.8 Å². The van der Waals surface area contributed by atoms with Crippen LogP contribution in [-0.2, 0) is 6.42 Å². The summed E-state index contributed by atoms with van der Waals surface area (Å²) in [6, 6.07) is 7.24. The van der Waals surface area contributed by atoms with Crippen molar-refractivity contribution >= 4 is 22.9 Å². The number of methoxy groups -OCH3 is 1. The molecule has 0 atom stereocenters. The summed E-state index contributed by atoms with van der Waals surface area (Å²) in [6.45, 7) is 1.70. The van der Waals surface area contributed by atoms with Gasteiger partial charge in [-0.05, 0) is 49.7 Å². The molecule has 1 aromatic carbocycles. The van der Waals surface area contributed by atoms with E-state index in [9.17, 15) is 4.39 Å². The molecule has 0 unspecified atom stereocenters. The molecular formula is C22H24ClFN4O. The van der Waals surface area contributed by atoms with Crippen molar-refractivity contribution in [1.82, 2.24) is 14.6 Å². The lowest BCUT2D eigenvalue weighted by molar-refractivity contribution is 0.371. The van der Waals surface area contributed by atoms with Crippen molar-refractivity contribution < 1.29 is 9.13 Å². The second-order valence-corrected chi connectivity index (χ2v) is 8.47. The molecule has 0 N–H and O–H groups in total. The first-order valence-electron chi connectivity index (χ1n) is 10.2. The zero-order valence-corrected chi connectivity index (χ0v) is 17.2. The van der Waals surface area contributed by atoms with Crippen LogP contribution in [0.1, 0.15) is 43.0 Å². The largest absolute Gasteiger partial charge is 0.493 e. The minimum atomic E-state index is -0.297. The van der Waals surface area contributed by atoms with Crippen molar-refractivity contribution in [2.24, 2.45) is 5.92 Å². The van der Waals surface area contributed by atoms with E-state index >= 15 is 0 Å². The number of aromatic nitrogens is 3. The van der Waals surface area contributed by atoms with E-state index < -0.39 is 0 Å². The molecule has 3 heterocycles. The van der Waals surface area contributed by atoms with E-state index in [1.165, 1.54) is 26.0 Å². The van der Waals surface area contributed by atoms with Crippen LogP contribution < -0.4 is 9.64 Å². The molecule has 3 aromatic rings. The summed E-state index contributed by atoms with van der Waals surface area (Å²) in [6.07, 6.45) is 7.41. The van der Waals surface area contributed by atoms with Gasteiger partial charge < -0.3 is 9.64 Å². The molecule has 0 bridgehead atoms. The number of piperidine rings is 1. The van der Waals surface area contributed by atoms with E-state index in [0.29, 0.717) is 10.8 Å². The first-order valence-corrected chi connectivity index (χ1v) is 10.6. The van der Waals surface area contributed by atoms with Crippen LogP contribution >= 0.6 is 11.6 Å². The number of ether oxygens (including phenoxy) is 1. The minimum Gasteiger partial charge on any atom is -0.493 e. The molecule has 1 saturated heterocycles. The standard InChI is InChI=1S/C22H24ClFN4O/c1-29-21-16(3-2-4-17(21)24)15-7-10-27(11-8-15)18-9-12-28-19(13-14-5-6-14)25-26-22(28)20(18)23/h2-4,9,12,14-15H,5-8,10-11,13H2,1H3/i1-1. The number of halogens is 2. The third-order valence-electron chi connectivity index (χ3n) is 6.21. The Hall–Kier alpha value is -2.34. The van der Waals surface area contributed by atoms with Gasteiger partial charge in [-0.25, -0.2) is 4.39 Å². The van der Waals surface area contributed by atoms with Crippen LogP contribution in [0.4, 0.5) is 10.1 Å². The molecule has 7 heteroatoms. The maximum Gasteiger partial charge on any atom is 0.181 e. The highest BCUT2D eigenvalue weighted by Gasteiger charge is 2.27. The smallest absolute Gasteiger partial charge is 0.181 e. The second kappa shape index (κ2) is 7.48. The van der Waals surface area contributed by atoms with Crippen molar-refractivity contribution in [1.29, 1.82) is 0 Å². The second-order valence-electron chi connectivity index (χ2n) is 8.10. The Morgan fingerprint density at radius 2 is 1.93 bits per heavy atom. The lowest BCUT2D eigenvalue weighted by Gasteiger charge is -2.34. The maximum absolute atomic E-state index is 14.1. The Labute approximate surface area is 174 Å². The van der Waals surface area contributed by atoms with Crippen LogP contribution in [0.3, 0.4) is 0 Å². The number of hydrogen-bond donors (Lipinski definition) is 0. The summed E-state index contributed by atoms with van der Waals surface area (Å²) in [7, 11) is 1.53. The average molecular weight is 414 g/mol. The summed E-state index contributed by atoms with van der Waals surface area (Å²) in [4.78, 5) is 2.29. The molecule has 1 saturated carbocycles. The first-order chi connectivity index (χ1) is 14.2. The van der Waals surface area contributed by atoms with Crippen LogP contribution in [0.2, 0.25) is 5.02 Å². The van der Waals surface area contributed by atoms with Gasteiger partial charge in [0.25, 0.3) is 0 Å². The van der Waals surface area contributed by atoms with E-state index in [-0.39, 0.29) is 11.7 Å². The molecule has 0 radical (unpaired) electrons. The van der Waals surface area contributed by atoms with Gasteiger partial charge in [-0.2, -0.15) is 0 Å². The monoisotopic (exact) mass is 413 g/mol. The summed E-state index contributed by atoms with van der Waals surface area (Å²) < 4.78 is 21.4. The number of nitrogens with zero attached hydrogens (tertiary/aromatic N) is 4. The Bertz CT molecular complexity index is 1040. The lowest BCUT2D eigenvalue weighted by atomic mass is 9.88. The molecular weight excluding hydrogens is 390 g/mol. The van der Waals surface area contributed by atoms with Gasteiger partial charge in [-0.1, -0.05) is 23.7 Å². The summed E-state index contributed by atoms with van der Waals surface area (Å²) >= 11 is 6.73. The molecule has 2 aliphatic rings. The van der Waals surface area contributed by atoms with Gasteiger partial charge in [0.1, 0.15) is 10.8 Å². The fourth-order valence-corrected chi connectivity index (χ4v) is 4.73. The molecule has 1 aliphatic carbocycles. The molecule has 152 valence electrons. The number of benzene rings is 1. The number of rotatable bonds is 5. The van der Waals surface area contributed by atoms with Crippen LogP contribution in [0.5, 0.6) is 5.75 Å². The van der Waals surface area contributed by atoms with E-state index in [1.807, 2.05) is 16.7 Å². The zero-order chi connectivity index (χ0) is 20.0. The third-order valence-corrected chi connectivity index (χ3v) is 6.58. The maximum atomic E-state index is 14.1. The molecule has 0 spiro atoms. The normalized spacial score (nSPS) is 17.8. The predicted molar refractivity (Wildman–Crippen MR) is 112 cm³/mol. The lowest BCUT2D eigenvalue weighted by Crippen LogP contribution is -2.33. The Morgan fingerprint density at radius 3 is 2.66 bits per heavy atom. The molecule has 5 rings (SSSR count). The Morgan fingerprint density at radius 1 is 1.14 bits per heavy atom. The number of anilines is 1. The van der Waals surface area contributed by atoms with Crippen LogP contribution in [0.25, 0.3) is 5.65 Å². The fourth-order valence-electron chi connectivity index (χ4n) is 4.42. The summed E-state index contributed by atoms with van der Waals surface area (Å²) in [5, 5.41) is 9.36. The number of pyridine rings is 1. The van der Waals surface area contributed by atoms with Crippen molar-refractivity contribution in [3.8, 4) is 5.75 Å². The van der Waals surface area contributed by atoms with Gasteiger partial charge in [-0.15, -0.1) is 10.2 Å². The first kappa shape index (κ1) is 18.7. The number of fused-ring (bicyclic) bond motifs is 1. The van der Waals surface area contributed by atoms with Crippen molar-refractivity contribution in [3.63, 3.8) is 0 Å². The molecule has 2 aromatic heterocycles. The fraction of sp³-hybridized carbons (Fsp3) is 0.455. The van der Waals surface area contributed by atoms with Crippen molar-refractivity contribution in [2.75, 3.05) is 25.1 Å². The summed E-state index contributed by atoms with van der Waals surface area (Å²) in [5.41, 5.74) is 2.68. The van der Waals surface area contributed by atoms with Gasteiger partial charge in [-0.3, -0.25) is 4.40 Å². The molecule has 29 heavy (non-hydrogen) atoms. The van der Waals surface area contributed by atoms with Crippen LogP contribution in [0, 0.1) is 11.7 Å². The van der Waals surface area contributed by atoms with Gasteiger partial charge >= 0.3 is 0 Å². The highest BCUT2D eigenvalue weighted by molar-refractivity contribution is 6.36. The molecule has 5 nitrogen and oxygen atoms in total. The van der Waals surface area contributed by atoms with E-state index in [0.717, 1.165) is 61.0 Å². The van der Waals surface area contributed by atoms with Gasteiger partial charge in [0.05, 0.1) is 12.8 Å². The van der Waals surface area contributed by atoms with Crippen molar-refractivity contribution in [2.45, 2.75) is 38.0 Å². The topological polar surface area (TPSA) is 42.7 Å². The quantitative estimate of drug-likeness (QED) is 0.598. The van der Waals surface area contributed by atoms with Crippen molar-refractivity contribution in [3.05, 3.63) is 52.7 Å².